The number of aromatic nitrogens is 1. The monoisotopic (exact) mass is 330 g/mol. The standard InChI is InChI=1S/C19H14N4O2/c1-12-5-7-13(8-6-12)16-10-18(22-19(21)17(16)11-20)14-3-2-4-15(9-14)23(24)25/h2-10H,1H3,(H2,21,22). The van der Waals surface area contributed by atoms with Gasteiger partial charge in [-0.05, 0) is 18.6 Å². The maximum atomic E-state index is 11.0. The Labute approximate surface area is 144 Å². The van der Waals surface area contributed by atoms with Crippen molar-refractivity contribution < 1.29 is 4.92 Å². The second-order valence-electron chi connectivity index (χ2n) is 5.60. The number of nitro groups is 1. The van der Waals surface area contributed by atoms with E-state index in [0.717, 1.165) is 11.1 Å². The molecule has 0 amide bonds. The summed E-state index contributed by atoms with van der Waals surface area (Å²) in [6.07, 6.45) is 0. The Kier molecular flexibility index (Phi) is 4.14. The molecule has 0 atom stereocenters. The molecule has 0 aliphatic carbocycles. The maximum Gasteiger partial charge on any atom is 0.270 e. The average Bonchev–Trinajstić information content (AvgIpc) is 2.62. The van der Waals surface area contributed by atoms with Crippen molar-refractivity contribution in [1.29, 1.82) is 5.26 Å². The molecule has 0 unspecified atom stereocenters. The first-order valence-corrected chi connectivity index (χ1v) is 7.52. The largest absolute Gasteiger partial charge is 0.383 e. The third-order valence-corrected chi connectivity index (χ3v) is 3.87. The molecule has 0 saturated carbocycles. The second kappa shape index (κ2) is 6.42. The molecule has 3 rings (SSSR count). The van der Waals surface area contributed by atoms with Crippen molar-refractivity contribution in [2.75, 3.05) is 5.73 Å². The number of benzene rings is 2. The van der Waals surface area contributed by atoms with E-state index in [2.05, 4.69) is 11.1 Å². The minimum Gasteiger partial charge on any atom is -0.383 e. The first-order valence-electron chi connectivity index (χ1n) is 7.52. The summed E-state index contributed by atoms with van der Waals surface area (Å²) < 4.78 is 0. The Hall–Kier alpha value is -3.72. The Morgan fingerprint density at radius 1 is 1.12 bits per heavy atom. The van der Waals surface area contributed by atoms with Crippen LogP contribution in [-0.4, -0.2) is 9.91 Å². The molecule has 1 heterocycles. The van der Waals surface area contributed by atoms with Gasteiger partial charge in [-0.25, -0.2) is 4.98 Å². The zero-order valence-corrected chi connectivity index (χ0v) is 13.4. The van der Waals surface area contributed by atoms with Crippen molar-refractivity contribution >= 4 is 11.5 Å². The van der Waals surface area contributed by atoms with Gasteiger partial charge in [0.2, 0.25) is 0 Å². The topological polar surface area (TPSA) is 106 Å². The molecule has 122 valence electrons. The van der Waals surface area contributed by atoms with Crippen molar-refractivity contribution in [1.82, 2.24) is 4.98 Å². The van der Waals surface area contributed by atoms with Crippen LogP contribution in [0.15, 0.2) is 54.6 Å². The maximum absolute atomic E-state index is 11.0. The molecule has 0 bridgehead atoms. The first kappa shape index (κ1) is 16.1. The fraction of sp³-hybridized carbons (Fsp3) is 0.0526. The van der Waals surface area contributed by atoms with Crippen LogP contribution in [0.3, 0.4) is 0 Å². The molecule has 6 heteroatoms. The Bertz CT molecular complexity index is 1000. The molecule has 6 nitrogen and oxygen atoms in total. The van der Waals surface area contributed by atoms with Gasteiger partial charge in [0.05, 0.1) is 10.6 Å². The molecule has 3 aromatic rings. The highest BCUT2D eigenvalue weighted by Crippen LogP contribution is 2.32. The average molecular weight is 330 g/mol. The van der Waals surface area contributed by atoms with Crippen LogP contribution in [0.1, 0.15) is 11.1 Å². The molecule has 0 aliphatic rings. The van der Waals surface area contributed by atoms with Crippen LogP contribution in [0.4, 0.5) is 11.5 Å². The highest BCUT2D eigenvalue weighted by atomic mass is 16.6. The van der Waals surface area contributed by atoms with Gasteiger partial charge in [0.15, 0.2) is 0 Å². The van der Waals surface area contributed by atoms with Crippen LogP contribution in [0.2, 0.25) is 0 Å². The van der Waals surface area contributed by atoms with Crippen molar-refractivity contribution in [3.63, 3.8) is 0 Å². The molecule has 0 spiro atoms. The molecular weight excluding hydrogens is 316 g/mol. The van der Waals surface area contributed by atoms with Gasteiger partial charge in [-0.3, -0.25) is 10.1 Å². The van der Waals surface area contributed by atoms with Gasteiger partial charge in [-0.15, -0.1) is 0 Å². The fourth-order valence-electron chi connectivity index (χ4n) is 2.57. The molecule has 0 aliphatic heterocycles. The van der Waals surface area contributed by atoms with Crippen molar-refractivity contribution in [2.24, 2.45) is 0 Å². The minimum absolute atomic E-state index is 0.0286. The number of rotatable bonds is 3. The van der Waals surface area contributed by atoms with E-state index >= 15 is 0 Å². The van der Waals surface area contributed by atoms with E-state index in [0.29, 0.717) is 16.8 Å². The number of anilines is 1. The summed E-state index contributed by atoms with van der Waals surface area (Å²) in [5.74, 6) is 0.0991. The van der Waals surface area contributed by atoms with Gasteiger partial charge >= 0.3 is 0 Å². The van der Waals surface area contributed by atoms with E-state index in [1.807, 2.05) is 31.2 Å². The number of hydrogen-bond acceptors (Lipinski definition) is 5. The zero-order valence-electron chi connectivity index (χ0n) is 13.4. The number of nitrogens with zero attached hydrogens (tertiary/aromatic N) is 3. The first-order chi connectivity index (χ1) is 12.0. The van der Waals surface area contributed by atoms with E-state index in [9.17, 15) is 15.4 Å². The van der Waals surface area contributed by atoms with Crippen LogP contribution in [0, 0.1) is 28.4 Å². The van der Waals surface area contributed by atoms with Gasteiger partial charge < -0.3 is 5.73 Å². The number of aryl methyl sites for hydroxylation is 1. The molecule has 1 aromatic heterocycles. The summed E-state index contributed by atoms with van der Waals surface area (Å²) >= 11 is 0. The number of nitrogen functional groups attached to an aromatic ring is 1. The molecule has 2 N–H and O–H groups in total. The number of nitrogens with two attached hydrogens (primary N) is 1. The molecule has 0 saturated heterocycles. The van der Waals surface area contributed by atoms with Gasteiger partial charge in [0.1, 0.15) is 17.5 Å². The van der Waals surface area contributed by atoms with Crippen LogP contribution < -0.4 is 5.73 Å². The summed E-state index contributed by atoms with van der Waals surface area (Å²) in [5.41, 5.74) is 9.87. The lowest BCUT2D eigenvalue weighted by atomic mass is 9.97. The molecule has 2 aromatic carbocycles. The minimum atomic E-state index is -0.461. The molecule has 25 heavy (non-hydrogen) atoms. The molecular formula is C19H14N4O2. The fourth-order valence-corrected chi connectivity index (χ4v) is 2.57. The van der Waals surface area contributed by atoms with E-state index in [4.69, 9.17) is 5.73 Å². The predicted octanol–water partition coefficient (Wildman–Crippen LogP) is 4.09. The zero-order chi connectivity index (χ0) is 18.0. The lowest BCUT2D eigenvalue weighted by Gasteiger charge is -2.10. The highest BCUT2D eigenvalue weighted by Gasteiger charge is 2.15. The summed E-state index contributed by atoms with van der Waals surface area (Å²) in [7, 11) is 0. The smallest absolute Gasteiger partial charge is 0.270 e. The summed E-state index contributed by atoms with van der Waals surface area (Å²) in [5, 5.41) is 20.4. The lowest BCUT2D eigenvalue weighted by molar-refractivity contribution is -0.384. The van der Waals surface area contributed by atoms with Gasteiger partial charge in [-0.1, -0.05) is 42.0 Å². The van der Waals surface area contributed by atoms with Crippen molar-refractivity contribution in [3.8, 4) is 28.5 Å². The second-order valence-corrected chi connectivity index (χ2v) is 5.60. The molecule has 0 radical (unpaired) electrons. The third kappa shape index (κ3) is 3.16. The Morgan fingerprint density at radius 2 is 1.84 bits per heavy atom. The quantitative estimate of drug-likeness (QED) is 0.575. The summed E-state index contributed by atoms with van der Waals surface area (Å²) in [6.45, 7) is 1.98. The van der Waals surface area contributed by atoms with E-state index in [1.54, 1.807) is 18.2 Å². The number of non-ortho nitro benzene ring substituents is 1. The van der Waals surface area contributed by atoms with Crippen LogP contribution >= 0.6 is 0 Å². The Balaban J connectivity index is 2.20. The predicted molar refractivity (Wildman–Crippen MR) is 95.6 cm³/mol. The van der Waals surface area contributed by atoms with Gasteiger partial charge in [0, 0.05) is 23.3 Å². The van der Waals surface area contributed by atoms with Crippen molar-refractivity contribution in [3.05, 3.63) is 75.8 Å². The Morgan fingerprint density at radius 3 is 2.48 bits per heavy atom. The van der Waals surface area contributed by atoms with Crippen molar-refractivity contribution in [2.45, 2.75) is 6.92 Å². The number of hydrogen-bond donors (Lipinski definition) is 1. The highest BCUT2D eigenvalue weighted by molar-refractivity contribution is 5.80. The normalized spacial score (nSPS) is 10.2. The summed E-state index contributed by atoms with van der Waals surface area (Å²) in [4.78, 5) is 14.8. The van der Waals surface area contributed by atoms with Crippen LogP contribution in [0.5, 0.6) is 0 Å². The number of nitriles is 1. The van der Waals surface area contributed by atoms with E-state index < -0.39 is 4.92 Å². The molecule has 0 fully saturated rings. The van der Waals surface area contributed by atoms with Gasteiger partial charge in [-0.2, -0.15) is 5.26 Å². The lowest BCUT2D eigenvalue weighted by Crippen LogP contribution is -2.00. The van der Waals surface area contributed by atoms with Gasteiger partial charge in [0.25, 0.3) is 5.69 Å². The SMILES string of the molecule is Cc1ccc(-c2cc(-c3cccc([N+](=O)[O-])c3)nc(N)c2C#N)cc1. The van der Waals surface area contributed by atoms with Crippen LogP contribution in [0.25, 0.3) is 22.4 Å². The van der Waals surface area contributed by atoms with Crippen LogP contribution in [-0.2, 0) is 0 Å². The number of nitro benzene ring substituents is 1. The van der Waals surface area contributed by atoms with E-state index in [1.165, 1.54) is 12.1 Å². The summed E-state index contributed by atoms with van der Waals surface area (Å²) in [6, 6.07) is 17.7. The third-order valence-electron chi connectivity index (χ3n) is 3.87. The van der Waals surface area contributed by atoms with E-state index in [-0.39, 0.29) is 17.1 Å². The number of pyridine rings is 1.